The van der Waals surface area contributed by atoms with Gasteiger partial charge in [0, 0.05) is 23.2 Å². The number of hydrogen-bond acceptors (Lipinski definition) is 4. The van der Waals surface area contributed by atoms with Crippen molar-refractivity contribution in [1.29, 1.82) is 5.26 Å². The van der Waals surface area contributed by atoms with Crippen molar-refractivity contribution < 1.29 is 4.79 Å². The van der Waals surface area contributed by atoms with Gasteiger partial charge >= 0.3 is 0 Å². The molecular weight excluding hydrogens is 398 g/mol. The van der Waals surface area contributed by atoms with E-state index in [4.69, 9.17) is 11.0 Å². The molecule has 1 aliphatic heterocycles. The second-order valence-corrected chi connectivity index (χ2v) is 7.99. The van der Waals surface area contributed by atoms with E-state index >= 15 is 0 Å². The predicted molar refractivity (Wildman–Crippen MR) is 125 cm³/mol. The number of aromatic nitrogens is 2. The molecule has 1 aromatic heterocycles. The number of nitrogen functional groups attached to an aromatic ring is 1. The number of benzene rings is 3. The van der Waals surface area contributed by atoms with Crippen LogP contribution in [0, 0.1) is 11.3 Å². The maximum atomic E-state index is 13.0. The number of nitriles is 1. The molecule has 6 heteroatoms. The molecule has 32 heavy (non-hydrogen) atoms. The van der Waals surface area contributed by atoms with Crippen molar-refractivity contribution >= 4 is 22.5 Å². The Morgan fingerprint density at radius 3 is 2.75 bits per heavy atom. The normalized spacial score (nSPS) is 12.7. The molecule has 0 radical (unpaired) electrons. The minimum absolute atomic E-state index is 0.161. The van der Waals surface area contributed by atoms with Gasteiger partial charge in [-0.1, -0.05) is 55.1 Å². The molecule has 3 aromatic carbocycles. The Morgan fingerprint density at radius 2 is 1.97 bits per heavy atom. The van der Waals surface area contributed by atoms with Crippen LogP contribution in [-0.4, -0.2) is 27.1 Å². The summed E-state index contributed by atoms with van der Waals surface area (Å²) < 4.78 is 1.99. The second kappa shape index (κ2) is 7.71. The van der Waals surface area contributed by atoms with Crippen LogP contribution >= 0.6 is 0 Å². The second-order valence-electron chi connectivity index (χ2n) is 7.99. The first kappa shape index (κ1) is 19.6. The number of amides is 1. The lowest BCUT2D eigenvalue weighted by Gasteiger charge is -2.14. The van der Waals surface area contributed by atoms with Crippen LogP contribution in [0.4, 0.5) is 5.69 Å². The highest BCUT2D eigenvalue weighted by molar-refractivity contribution is 6.05. The summed E-state index contributed by atoms with van der Waals surface area (Å²) in [5.74, 6) is -0.161. The fourth-order valence-electron chi connectivity index (χ4n) is 4.29. The third-order valence-corrected chi connectivity index (χ3v) is 5.87. The lowest BCUT2D eigenvalue weighted by Crippen LogP contribution is -2.26. The van der Waals surface area contributed by atoms with Gasteiger partial charge in [0.2, 0.25) is 0 Å². The molecular formula is C26H21N5O. The molecule has 0 fully saturated rings. The van der Waals surface area contributed by atoms with Crippen LogP contribution < -0.4 is 5.73 Å². The van der Waals surface area contributed by atoms with Gasteiger partial charge in [-0.15, -0.1) is 0 Å². The van der Waals surface area contributed by atoms with Gasteiger partial charge in [0.1, 0.15) is 0 Å². The largest absolute Gasteiger partial charge is 0.398 e. The van der Waals surface area contributed by atoms with Gasteiger partial charge in [-0.3, -0.25) is 9.48 Å². The van der Waals surface area contributed by atoms with E-state index in [-0.39, 0.29) is 12.5 Å². The van der Waals surface area contributed by atoms with Crippen LogP contribution in [0.25, 0.3) is 22.0 Å². The summed E-state index contributed by atoms with van der Waals surface area (Å²) in [6.45, 7) is 4.99. The number of carbonyl (C=O) groups excluding carboxylic acids is 1. The molecule has 0 unspecified atom stereocenters. The Balaban J connectivity index is 1.56. The maximum Gasteiger partial charge on any atom is 0.256 e. The zero-order valence-corrected chi connectivity index (χ0v) is 17.5. The Hall–Kier alpha value is -4.37. The number of nitrogens with two attached hydrogens (primary N) is 1. The summed E-state index contributed by atoms with van der Waals surface area (Å²) in [4.78, 5) is 14.6. The molecule has 5 rings (SSSR count). The monoisotopic (exact) mass is 419 g/mol. The van der Waals surface area contributed by atoms with E-state index < -0.39 is 0 Å². The zero-order chi connectivity index (χ0) is 22.2. The third kappa shape index (κ3) is 3.30. The van der Waals surface area contributed by atoms with E-state index in [0.29, 0.717) is 29.9 Å². The van der Waals surface area contributed by atoms with Crippen molar-refractivity contribution in [2.45, 2.75) is 13.1 Å². The van der Waals surface area contributed by atoms with Gasteiger partial charge in [-0.05, 0) is 34.4 Å². The van der Waals surface area contributed by atoms with Crippen LogP contribution in [0.2, 0.25) is 0 Å². The van der Waals surface area contributed by atoms with Crippen molar-refractivity contribution in [2.24, 2.45) is 0 Å². The average Bonchev–Trinajstić information content (AvgIpc) is 3.36. The molecule has 1 amide bonds. The highest BCUT2D eigenvalue weighted by atomic mass is 16.2. The van der Waals surface area contributed by atoms with Crippen molar-refractivity contribution in [3.63, 3.8) is 0 Å². The number of rotatable bonds is 5. The van der Waals surface area contributed by atoms with E-state index in [1.807, 2.05) is 53.3 Å². The Kier molecular flexibility index (Phi) is 4.72. The zero-order valence-electron chi connectivity index (χ0n) is 17.5. The summed E-state index contributed by atoms with van der Waals surface area (Å²) in [6, 6.07) is 22.2. The summed E-state index contributed by atoms with van der Waals surface area (Å²) in [6.07, 6.45) is 1.87. The predicted octanol–water partition coefficient (Wildman–Crippen LogP) is 4.37. The van der Waals surface area contributed by atoms with Gasteiger partial charge in [0.05, 0.1) is 36.4 Å². The van der Waals surface area contributed by atoms with Crippen LogP contribution in [-0.2, 0) is 13.1 Å². The molecule has 0 spiro atoms. The van der Waals surface area contributed by atoms with E-state index in [1.165, 1.54) is 5.56 Å². The maximum absolute atomic E-state index is 13.0. The summed E-state index contributed by atoms with van der Waals surface area (Å²) in [5, 5.41) is 14.7. The highest BCUT2D eigenvalue weighted by Gasteiger charge is 2.32. The van der Waals surface area contributed by atoms with Crippen LogP contribution in [0.3, 0.4) is 0 Å². The molecule has 0 aliphatic carbocycles. The Bertz CT molecular complexity index is 1410. The molecule has 156 valence electrons. The Morgan fingerprint density at radius 1 is 1.16 bits per heavy atom. The third-order valence-electron chi connectivity index (χ3n) is 5.87. The standard InChI is InChI=1S/C26H21N5O/c1-17(12-27)14-30-16-22-21(9-10-23(28)25(22)26(30)32)19-7-8-20-13-29-31(24(20)11-19)15-18-5-3-2-4-6-18/h2-11,13H,1,14-16,28H2. The average molecular weight is 419 g/mol. The number of fused-ring (bicyclic) bond motifs is 2. The first-order valence-corrected chi connectivity index (χ1v) is 10.3. The molecule has 4 aromatic rings. The first-order chi connectivity index (χ1) is 15.5. The fourth-order valence-corrected chi connectivity index (χ4v) is 4.29. The van der Waals surface area contributed by atoms with Gasteiger partial charge in [0.15, 0.2) is 0 Å². The SMILES string of the molecule is C=C(C#N)CN1Cc2c(-c3ccc4cnn(Cc5ccccc5)c4c3)ccc(N)c2C1=O. The van der Waals surface area contributed by atoms with Gasteiger partial charge in [-0.25, -0.2) is 0 Å². The quantitative estimate of drug-likeness (QED) is 0.384. The number of hydrogen-bond donors (Lipinski definition) is 1. The lowest BCUT2D eigenvalue weighted by molar-refractivity contribution is 0.0794. The lowest BCUT2D eigenvalue weighted by atomic mass is 9.95. The minimum Gasteiger partial charge on any atom is -0.398 e. The van der Waals surface area contributed by atoms with Crippen LogP contribution in [0.15, 0.2) is 79.0 Å². The van der Waals surface area contributed by atoms with Crippen LogP contribution in [0.1, 0.15) is 21.5 Å². The molecule has 0 atom stereocenters. The molecule has 0 saturated heterocycles. The topological polar surface area (TPSA) is 87.9 Å². The smallest absolute Gasteiger partial charge is 0.256 e. The summed E-state index contributed by atoms with van der Waals surface area (Å²) in [7, 11) is 0. The van der Waals surface area contributed by atoms with E-state index in [0.717, 1.165) is 27.6 Å². The van der Waals surface area contributed by atoms with E-state index in [2.05, 4.69) is 29.9 Å². The first-order valence-electron chi connectivity index (χ1n) is 10.3. The van der Waals surface area contributed by atoms with Crippen molar-refractivity contribution in [3.8, 4) is 17.2 Å². The molecule has 2 heterocycles. The number of carbonyl (C=O) groups is 1. The number of anilines is 1. The molecule has 1 aliphatic rings. The molecule has 2 N–H and O–H groups in total. The summed E-state index contributed by atoms with van der Waals surface area (Å²) >= 11 is 0. The van der Waals surface area contributed by atoms with Crippen LogP contribution in [0.5, 0.6) is 0 Å². The van der Waals surface area contributed by atoms with Crippen molar-refractivity contribution in [2.75, 3.05) is 12.3 Å². The van der Waals surface area contributed by atoms with Gasteiger partial charge in [0.25, 0.3) is 5.91 Å². The molecule has 0 bridgehead atoms. The minimum atomic E-state index is -0.161. The Labute approximate surface area is 185 Å². The van der Waals surface area contributed by atoms with Gasteiger partial charge in [-0.2, -0.15) is 10.4 Å². The summed E-state index contributed by atoms with van der Waals surface area (Å²) in [5.41, 5.74) is 12.5. The number of nitrogens with zero attached hydrogens (tertiary/aromatic N) is 4. The van der Waals surface area contributed by atoms with E-state index in [9.17, 15) is 4.79 Å². The van der Waals surface area contributed by atoms with Crippen molar-refractivity contribution in [1.82, 2.24) is 14.7 Å². The van der Waals surface area contributed by atoms with Crippen molar-refractivity contribution in [3.05, 3.63) is 95.7 Å². The van der Waals surface area contributed by atoms with Gasteiger partial charge < -0.3 is 10.6 Å². The molecule has 6 nitrogen and oxygen atoms in total. The highest BCUT2D eigenvalue weighted by Crippen LogP contribution is 2.37. The van der Waals surface area contributed by atoms with E-state index in [1.54, 1.807) is 11.0 Å². The molecule has 0 saturated carbocycles. The fraction of sp³-hybridized carbons (Fsp3) is 0.115.